The molecule has 0 radical (unpaired) electrons. The molecule has 8 heteroatoms. The van der Waals surface area contributed by atoms with E-state index in [2.05, 4.69) is 24.1 Å². The van der Waals surface area contributed by atoms with Gasteiger partial charge in [-0.25, -0.2) is 8.42 Å². The number of nitrogens with one attached hydrogen (secondary N) is 1. The van der Waals surface area contributed by atoms with Crippen LogP contribution in [0.15, 0.2) is 29.2 Å². The van der Waals surface area contributed by atoms with Gasteiger partial charge in [-0.2, -0.15) is 0 Å². The number of carbonyl (C=O) groups excluding carboxylic acids is 1. The Morgan fingerprint density at radius 3 is 2.52 bits per heavy atom. The summed E-state index contributed by atoms with van der Waals surface area (Å²) in [5, 5.41) is 2.76. The number of hydrogen-bond acceptors (Lipinski definition) is 5. The summed E-state index contributed by atoms with van der Waals surface area (Å²) in [4.78, 5) is 14.8. The Kier molecular flexibility index (Phi) is 7.03. The number of sulfone groups is 1. The Morgan fingerprint density at radius 1 is 1.36 bits per heavy atom. The smallest absolute Gasteiger partial charge is 0.241 e. The summed E-state index contributed by atoms with van der Waals surface area (Å²) in [5.41, 5.74) is 6.41. The molecule has 1 aromatic carbocycles. The normalized spacial score (nSPS) is 21.9. The lowest BCUT2D eigenvalue weighted by atomic mass is 9.79. The van der Waals surface area contributed by atoms with Gasteiger partial charge in [0.2, 0.25) is 5.91 Å². The molecule has 0 aromatic heterocycles. The van der Waals surface area contributed by atoms with E-state index in [0.29, 0.717) is 5.69 Å². The first kappa shape index (κ1) is 21.9. The Morgan fingerprint density at radius 2 is 1.96 bits per heavy atom. The molecule has 142 valence electrons. The van der Waals surface area contributed by atoms with Crippen molar-refractivity contribution in [3.63, 3.8) is 0 Å². The topological polar surface area (TPSA) is 92.5 Å². The van der Waals surface area contributed by atoms with Gasteiger partial charge < -0.3 is 11.1 Å². The highest BCUT2D eigenvalue weighted by Crippen LogP contribution is 2.29. The number of halogens is 1. The predicted molar refractivity (Wildman–Crippen MR) is 103 cm³/mol. The molecule has 2 atom stereocenters. The van der Waals surface area contributed by atoms with E-state index in [9.17, 15) is 13.2 Å². The molecule has 1 amide bonds. The largest absolute Gasteiger partial charge is 0.327 e. The van der Waals surface area contributed by atoms with Gasteiger partial charge in [-0.05, 0) is 30.9 Å². The number of likely N-dealkylation sites (tertiary alicyclic amines) is 1. The maximum Gasteiger partial charge on any atom is 0.241 e. The molecule has 1 aliphatic heterocycles. The Hall–Kier alpha value is -1.15. The lowest BCUT2D eigenvalue weighted by Crippen LogP contribution is -2.56. The molecule has 1 aromatic rings. The first-order valence-corrected chi connectivity index (χ1v) is 10.0. The molecule has 6 nitrogen and oxygen atoms in total. The SMILES string of the molecule is CC(C(=O)Nc1ccccc1S(C)(=O)=O)N1CCC(N)C(C)(C)C1.Cl. The maximum absolute atomic E-state index is 12.6. The molecule has 1 fully saturated rings. The van der Waals surface area contributed by atoms with Crippen molar-refractivity contribution >= 4 is 33.8 Å². The molecule has 1 aliphatic rings. The second-order valence-electron chi connectivity index (χ2n) is 7.29. The zero-order valence-electron chi connectivity index (χ0n) is 15.2. The maximum atomic E-state index is 12.6. The molecule has 1 heterocycles. The van der Waals surface area contributed by atoms with Gasteiger partial charge in [0.15, 0.2) is 9.84 Å². The molecule has 1 saturated heterocycles. The highest BCUT2D eigenvalue weighted by Gasteiger charge is 2.36. The number of para-hydroxylation sites is 1. The number of amides is 1. The second kappa shape index (κ2) is 8.03. The average Bonchev–Trinajstić information content (AvgIpc) is 2.48. The number of nitrogens with zero attached hydrogens (tertiary/aromatic N) is 1. The minimum absolute atomic E-state index is 0. The third-order valence-corrected chi connectivity index (χ3v) is 5.97. The fourth-order valence-electron chi connectivity index (χ4n) is 3.04. The lowest BCUT2D eigenvalue weighted by Gasteiger charge is -2.44. The van der Waals surface area contributed by atoms with Crippen molar-refractivity contribution < 1.29 is 13.2 Å². The van der Waals surface area contributed by atoms with Crippen LogP contribution < -0.4 is 11.1 Å². The fourth-order valence-corrected chi connectivity index (χ4v) is 3.89. The highest BCUT2D eigenvalue weighted by atomic mass is 35.5. The monoisotopic (exact) mass is 389 g/mol. The molecular formula is C17H28ClN3O3S. The van der Waals surface area contributed by atoms with Gasteiger partial charge in [-0.3, -0.25) is 9.69 Å². The highest BCUT2D eigenvalue weighted by molar-refractivity contribution is 7.90. The summed E-state index contributed by atoms with van der Waals surface area (Å²) >= 11 is 0. The van der Waals surface area contributed by atoms with Crippen molar-refractivity contribution in [2.45, 2.75) is 44.2 Å². The van der Waals surface area contributed by atoms with Crippen molar-refractivity contribution in [2.24, 2.45) is 11.1 Å². The van der Waals surface area contributed by atoms with Crippen LogP contribution in [0.4, 0.5) is 5.69 Å². The number of benzene rings is 1. The van der Waals surface area contributed by atoms with Crippen LogP contribution in [0, 0.1) is 5.41 Å². The predicted octanol–water partition coefficient (Wildman–Crippen LogP) is 1.90. The number of carbonyl (C=O) groups is 1. The van der Waals surface area contributed by atoms with E-state index in [4.69, 9.17) is 5.73 Å². The van der Waals surface area contributed by atoms with Crippen LogP contribution in [0.5, 0.6) is 0 Å². The van der Waals surface area contributed by atoms with Crippen LogP contribution in [0.3, 0.4) is 0 Å². The summed E-state index contributed by atoms with van der Waals surface area (Å²) in [6.07, 6.45) is 1.97. The molecule has 2 rings (SSSR count). The van der Waals surface area contributed by atoms with Crippen LogP contribution in [0.1, 0.15) is 27.2 Å². The van der Waals surface area contributed by atoms with Crippen molar-refractivity contribution in [3.05, 3.63) is 24.3 Å². The summed E-state index contributed by atoms with van der Waals surface area (Å²) in [6, 6.07) is 6.22. The van der Waals surface area contributed by atoms with E-state index in [0.717, 1.165) is 25.8 Å². The van der Waals surface area contributed by atoms with E-state index >= 15 is 0 Å². The molecular weight excluding hydrogens is 362 g/mol. The van der Waals surface area contributed by atoms with Crippen molar-refractivity contribution in [2.75, 3.05) is 24.7 Å². The molecule has 0 aliphatic carbocycles. The Bertz CT molecular complexity index is 722. The Labute approximate surface area is 156 Å². The van der Waals surface area contributed by atoms with E-state index in [-0.39, 0.29) is 40.7 Å². The number of hydrogen-bond donors (Lipinski definition) is 2. The zero-order chi connectivity index (χ0) is 18.1. The lowest BCUT2D eigenvalue weighted by molar-refractivity contribution is -0.122. The summed E-state index contributed by atoms with van der Waals surface area (Å²) in [5.74, 6) is -0.211. The van der Waals surface area contributed by atoms with Crippen molar-refractivity contribution in [1.82, 2.24) is 4.90 Å². The Balaban J connectivity index is 0.00000312. The number of rotatable bonds is 4. The molecule has 2 unspecified atom stereocenters. The van der Waals surface area contributed by atoms with E-state index in [1.165, 1.54) is 6.07 Å². The summed E-state index contributed by atoms with van der Waals surface area (Å²) in [6.45, 7) is 7.54. The second-order valence-corrected chi connectivity index (χ2v) is 9.27. The molecule has 0 spiro atoms. The standard InChI is InChI=1S/C17H27N3O3S.ClH/c1-12(20-10-9-15(18)17(2,3)11-20)16(21)19-13-7-5-6-8-14(13)24(4,22)23;/h5-8,12,15H,9-11,18H2,1-4H3,(H,19,21);1H. The van der Waals surface area contributed by atoms with Gasteiger partial charge in [0.25, 0.3) is 0 Å². The number of nitrogens with two attached hydrogens (primary N) is 1. The van der Waals surface area contributed by atoms with Gasteiger partial charge in [0.1, 0.15) is 0 Å². The number of piperidine rings is 1. The van der Waals surface area contributed by atoms with E-state index in [1.54, 1.807) is 18.2 Å². The quantitative estimate of drug-likeness (QED) is 0.820. The van der Waals surface area contributed by atoms with Gasteiger partial charge in [-0.1, -0.05) is 26.0 Å². The van der Waals surface area contributed by atoms with Gasteiger partial charge >= 0.3 is 0 Å². The van der Waals surface area contributed by atoms with Gasteiger partial charge in [-0.15, -0.1) is 12.4 Å². The first-order valence-electron chi connectivity index (χ1n) is 8.12. The average molecular weight is 390 g/mol. The van der Waals surface area contributed by atoms with Crippen LogP contribution in [0.25, 0.3) is 0 Å². The van der Waals surface area contributed by atoms with Gasteiger partial charge in [0.05, 0.1) is 16.6 Å². The molecule has 0 saturated carbocycles. The molecule has 3 N–H and O–H groups in total. The van der Waals surface area contributed by atoms with E-state index in [1.807, 2.05) is 6.92 Å². The fraction of sp³-hybridized carbons (Fsp3) is 0.588. The first-order chi connectivity index (χ1) is 11.0. The van der Waals surface area contributed by atoms with Crippen LogP contribution >= 0.6 is 12.4 Å². The number of anilines is 1. The molecule has 0 bridgehead atoms. The van der Waals surface area contributed by atoms with Gasteiger partial charge in [0, 0.05) is 25.4 Å². The van der Waals surface area contributed by atoms with Crippen LogP contribution in [-0.2, 0) is 14.6 Å². The summed E-state index contributed by atoms with van der Waals surface area (Å²) in [7, 11) is -3.40. The summed E-state index contributed by atoms with van der Waals surface area (Å²) < 4.78 is 23.7. The van der Waals surface area contributed by atoms with E-state index < -0.39 is 9.84 Å². The minimum atomic E-state index is -3.40. The zero-order valence-corrected chi connectivity index (χ0v) is 16.8. The van der Waals surface area contributed by atoms with Crippen LogP contribution in [0.2, 0.25) is 0 Å². The van der Waals surface area contributed by atoms with Crippen molar-refractivity contribution in [3.8, 4) is 0 Å². The third-order valence-electron chi connectivity index (χ3n) is 4.81. The molecule has 25 heavy (non-hydrogen) atoms. The van der Waals surface area contributed by atoms with Crippen molar-refractivity contribution in [1.29, 1.82) is 0 Å². The third kappa shape index (κ3) is 5.17. The van der Waals surface area contributed by atoms with Crippen LogP contribution in [-0.4, -0.2) is 50.7 Å². The minimum Gasteiger partial charge on any atom is -0.327 e.